The van der Waals surface area contributed by atoms with Gasteiger partial charge in [0.1, 0.15) is 5.01 Å². The summed E-state index contributed by atoms with van der Waals surface area (Å²) in [4.78, 5) is 7.28. The third-order valence-electron chi connectivity index (χ3n) is 4.56. The Balaban J connectivity index is 1.40. The van der Waals surface area contributed by atoms with Gasteiger partial charge < -0.3 is 0 Å². The minimum atomic E-state index is 0.652. The molecule has 3 heterocycles. The SMILES string of the molecule is Cn1nccc1C1CCN(Cc2nc3ccccc3s2)CC1. The standard InChI is InChI=1S/C17H20N4S/c1-20-15(6-9-18-20)13-7-10-21(11-8-13)12-17-19-14-4-2-3-5-16(14)22-17/h2-6,9,13H,7-8,10-12H2,1H3. The Hall–Kier alpha value is -1.72. The smallest absolute Gasteiger partial charge is 0.108 e. The van der Waals surface area contributed by atoms with E-state index in [-0.39, 0.29) is 0 Å². The largest absolute Gasteiger partial charge is 0.297 e. The average molecular weight is 312 g/mol. The summed E-state index contributed by atoms with van der Waals surface area (Å²) in [6.07, 6.45) is 4.33. The van der Waals surface area contributed by atoms with Crippen LogP contribution in [0.1, 0.15) is 29.5 Å². The summed E-state index contributed by atoms with van der Waals surface area (Å²) in [5.74, 6) is 0.652. The summed E-state index contributed by atoms with van der Waals surface area (Å²) in [5, 5.41) is 5.53. The topological polar surface area (TPSA) is 34.0 Å². The number of aromatic nitrogens is 3. The van der Waals surface area contributed by atoms with E-state index in [2.05, 4.69) is 40.3 Å². The molecule has 1 fully saturated rings. The number of thiazole rings is 1. The fraction of sp³-hybridized carbons (Fsp3) is 0.412. The number of likely N-dealkylation sites (tertiary alicyclic amines) is 1. The molecule has 1 aliphatic heterocycles. The molecule has 5 heteroatoms. The van der Waals surface area contributed by atoms with Gasteiger partial charge in [-0.15, -0.1) is 11.3 Å². The number of para-hydroxylation sites is 1. The van der Waals surface area contributed by atoms with Crippen LogP contribution in [0.2, 0.25) is 0 Å². The number of hydrogen-bond donors (Lipinski definition) is 0. The quantitative estimate of drug-likeness (QED) is 0.743. The number of piperidine rings is 1. The third-order valence-corrected chi connectivity index (χ3v) is 5.58. The molecule has 22 heavy (non-hydrogen) atoms. The molecule has 0 saturated carbocycles. The van der Waals surface area contributed by atoms with Crippen molar-refractivity contribution in [3.8, 4) is 0 Å². The van der Waals surface area contributed by atoms with Crippen molar-refractivity contribution in [2.24, 2.45) is 7.05 Å². The lowest BCUT2D eigenvalue weighted by Gasteiger charge is -2.31. The molecule has 3 aromatic rings. The highest BCUT2D eigenvalue weighted by Crippen LogP contribution is 2.29. The van der Waals surface area contributed by atoms with Gasteiger partial charge in [0.05, 0.1) is 16.8 Å². The molecule has 1 aromatic carbocycles. The van der Waals surface area contributed by atoms with E-state index in [4.69, 9.17) is 4.98 Å². The van der Waals surface area contributed by atoms with Crippen molar-refractivity contribution in [2.45, 2.75) is 25.3 Å². The van der Waals surface area contributed by atoms with E-state index in [1.807, 2.05) is 29.3 Å². The zero-order valence-electron chi connectivity index (χ0n) is 12.8. The van der Waals surface area contributed by atoms with Crippen LogP contribution in [0.5, 0.6) is 0 Å². The summed E-state index contributed by atoms with van der Waals surface area (Å²) >= 11 is 1.83. The number of hydrogen-bond acceptors (Lipinski definition) is 4. The first kappa shape index (κ1) is 13.9. The lowest BCUT2D eigenvalue weighted by atomic mass is 9.93. The number of aryl methyl sites for hydroxylation is 1. The Morgan fingerprint density at radius 1 is 1.18 bits per heavy atom. The maximum atomic E-state index is 4.75. The molecule has 4 nitrogen and oxygen atoms in total. The fourth-order valence-electron chi connectivity index (χ4n) is 3.35. The average Bonchev–Trinajstić information content (AvgIpc) is 3.13. The summed E-state index contributed by atoms with van der Waals surface area (Å²) < 4.78 is 3.32. The highest BCUT2D eigenvalue weighted by molar-refractivity contribution is 7.18. The fourth-order valence-corrected chi connectivity index (χ4v) is 4.36. The maximum Gasteiger partial charge on any atom is 0.108 e. The summed E-state index contributed by atoms with van der Waals surface area (Å²) in [6.45, 7) is 3.27. The van der Waals surface area contributed by atoms with Crippen molar-refractivity contribution in [3.63, 3.8) is 0 Å². The van der Waals surface area contributed by atoms with E-state index in [1.165, 1.54) is 28.2 Å². The second-order valence-corrected chi connectivity index (χ2v) is 7.12. The number of benzene rings is 1. The molecule has 0 N–H and O–H groups in total. The van der Waals surface area contributed by atoms with Gasteiger partial charge >= 0.3 is 0 Å². The Labute approximate surface area is 134 Å². The first-order valence-electron chi connectivity index (χ1n) is 7.84. The van der Waals surface area contributed by atoms with Gasteiger partial charge in [-0.05, 0) is 44.1 Å². The Kier molecular flexibility index (Phi) is 3.68. The van der Waals surface area contributed by atoms with Crippen LogP contribution in [0.4, 0.5) is 0 Å². The van der Waals surface area contributed by atoms with Crippen molar-refractivity contribution >= 4 is 21.6 Å². The molecule has 0 unspecified atom stereocenters. The van der Waals surface area contributed by atoms with Crippen LogP contribution in [0, 0.1) is 0 Å². The Morgan fingerprint density at radius 2 is 2.00 bits per heavy atom. The van der Waals surface area contributed by atoms with Crippen molar-refractivity contribution in [1.29, 1.82) is 0 Å². The highest BCUT2D eigenvalue weighted by Gasteiger charge is 2.23. The molecule has 0 atom stereocenters. The van der Waals surface area contributed by atoms with Gasteiger partial charge in [0, 0.05) is 24.9 Å². The van der Waals surface area contributed by atoms with Crippen LogP contribution in [-0.4, -0.2) is 32.8 Å². The van der Waals surface area contributed by atoms with Crippen molar-refractivity contribution in [1.82, 2.24) is 19.7 Å². The molecule has 1 saturated heterocycles. The second-order valence-electron chi connectivity index (χ2n) is 6.01. The van der Waals surface area contributed by atoms with Gasteiger partial charge in [0.25, 0.3) is 0 Å². The molecule has 2 aromatic heterocycles. The van der Waals surface area contributed by atoms with Crippen LogP contribution < -0.4 is 0 Å². The Morgan fingerprint density at radius 3 is 2.73 bits per heavy atom. The number of nitrogens with zero attached hydrogens (tertiary/aromatic N) is 4. The zero-order valence-corrected chi connectivity index (χ0v) is 13.6. The summed E-state index contributed by atoms with van der Waals surface area (Å²) in [7, 11) is 2.04. The van der Waals surface area contributed by atoms with Crippen molar-refractivity contribution < 1.29 is 0 Å². The predicted octanol–water partition coefficient (Wildman–Crippen LogP) is 3.41. The third kappa shape index (κ3) is 2.66. The van der Waals surface area contributed by atoms with E-state index in [0.717, 1.165) is 25.2 Å². The lowest BCUT2D eigenvalue weighted by molar-refractivity contribution is 0.201. The van der Waals surface area contributed by atoms with E-state index in [1.54, 1.807) is 0 Å². The molecular formula is C17H20N4S. The summed E-state index contributed by atoms with van der Waals surface area (Å²) in [6, 6.07) is 10.6. The van der Waals surface area contributed by atoms with E-state index < -0.39 is 0 Å². The molecule has 0 bridgehead atoms. The van der Waals surface area contributed by atoms with E-state index in [9.17, 15) is 0 Å². The second kappa shape index (κ2) is 5.82. The molecular weight excluding hydrogens is 292 g/mol. The minimum absolute atomic E-state index is 0.652. The van der Waals surface area contributed by atoms with Crippen LogP contribution in [0.25, 0.3) is 10.2 Å². The van der Waals surface area contributed by atoms with E-state index >= 15 is 0 Å². The molecule has 4 rings (SSSR count). The lowest BCUT2D eigenvalue weighted by Crippen LogP contribution is -2.32. The monoisotopic (exact) mass is 312 g/mol. The van der Waals surface area contributed by atoms with Crippen LogP contribution >= 0.6 is 11.3 Å². The zero-order chi connectivity index (χ0) is 14.9. The predicted molar refractivity (Wildman–Crippen MR) is 90.1 cm³/mol. The first-order valence-corrected chi connectivity index (χ1v) is 8.66. The number of rotatable bonds is 3. The molecule has 0 spiro atoms. The molecule has 0 aliphatic carbocycles. The number of fused-ring (bicyclic) bond motifs is 1. The molecule has 0 radical (unpaired) electrons. The minimum Gasteiger partial charge on any atom is -0.297 e. The van der Waals surface area contributed by atoms with Crippen LogP contribution in [0.3, 0.4) is 0 Å². The Bertz CT molecular complexity index is 735. The van der Waals surface area contributed by atoms with E-state index in [0.29, 0.717) is 5.92 Å². The van der Waals surface area contributed by atoms with Crippen molar-refractivity contribution in [2.75, 3.05) is 13.1 Å². The molecule has 0 amide bonds. The molecule has 1 aliphatic rings. The normalized spacial score (nSPS) is 17.3. The molecule has 114 valence electrons. The van der Waals surface area contributed by atoms with Crippen LogP contribution in [0.15, 0.2) is 36.5 Å². The van der Waals surface area contributed by atoms with Crippen LogP contribution in [-0.2, 0) is 13.6 Å². The van der Waals surface area contributed by atoms with Gasteiger partial charge in [-0.25, -0.2) is 4.98 Å². The highest BCUT2D eigenvalue weighted by atomic mass is 32.1. The van der Waals surface area contributed by atoms with Gasteiger partial charge in [0.2, 0.25) is 0 Å². The van der Waals surface area contributed by atoms with Gasteiger partial charge in [-0.1, -0.05) is 12.1 Å². The van der Waals surface area contributed by atoms with Gasteiger partial charge in [-0.2, -0.15) is 5.10 Å². The first-order chi connectivity index (χ1) is 10.8. The van der Waals surface area contributed by atoms with Crippen molar-refractivity contribution in [3.05, 3.63) is 47.2 Å². The summed E-state index contributed by atoms with van der Waals surface area (Å²) in [5.41, 5.74) is 2.51. The van der Waals surface area contributed by atoms with Gasteiger partial charge in [0.15, 0.2) is 0 Å². The maximum absolute atomic E-state index is 4.75. The van der Waals surface area contributed by atoms with Gasteiger partial charge in [-0.3, -0.25) is 9.58 Å².